The van der Waals surface area contributed by atoms with Gasteiger partial charge >= 0.3 is 0 Å². The smallest absolute Gasteiger partial charge is 0.118 e. The molecule has 2 nitrogen and oxygen atoms in total. The van der Waals surface area contributed by atoms with Gasteiger partial charge in [-0.1, -0.05) is 48.6 Å². The van der Waals surface area contributed by atoms with Gasteiger partial charge < -0.3 is 9.64 Å². The topological polar surface area (TPSA) is 12.5 Å². The first-order valence-electron chi connectivity index (χ1n) is 8.27. The molecular weight excluding hydrogens is 294 g/mol. The van der Waals surface area contributed by atoms with E-state index in [1.54, 1.807) is 7.11 Å². The van der Waals surface area contributed by atoms with Gasteiger partial charge in [-0.05, 0) is 60.7 Å². The highest BCUT2D eigenvalue weighted by Crippen LogP contribution is 2.22. The molecule has 0 fully saturated rings. The quantitative estimate of drug-likeness (QED) is 0.499. The second-order valence-corrected chi connectivity index (χ2v) is 6.08. The SMILES string of the molecule is CC=C(C)c1ccc(C(C)=Cc2ccc(N(C)COC)cc2)cc1. The lowest BCUT2D eigenvalue weighted by atomic mass is 10.0. The maximum Gasteiger partial charge on any atom is 0.118 e. The Hall–Kier alpha value is -2.32. The molecule has 0 aliphatic carbocycles. The summed E-state index contributed by atoms with van der Waals surface area (Å²) in [5.41, 5.74) is 7.45. The standard InChI is InChI=1S/C22H27NO/c1-6-17(2)20-9-11-21(12-10-20)18(3)15-19-7-13-22(14-8-19)23(4)16-24-5/h6-15H,16H2,1-5H3. The van der Waals surface area contributed by atoms with Gasteiger partial charge in [-0.25, -0.2) is 0 Å². The Morgan fingerprint density at radius 1 is 0.917 bits per heavy atom. The molecule has 0 saturated heterocycles. The van der Waals surface area contributed by atoms with Gasteiger partial charge in [-0.15, -0.1) is 0 Å². The Bertz CT molecular complexity index is 709. The predicted molar refractivity (Wildman–Crippen MR) is 106 cm³/mol. The van der Waals surface area contributed by atoms with Crippen molar-refractivity contribution in [1.29, 1.82) is 0 Å². The molecule has 0 saturated carbocycles. The number of nitrogens with zero attached hydrogens (tertiary/aromatic N) is 1. The highest BCUT2D eigenvalue weighted by molar-refractivity contribution is 5.81. The van der Waals surface area contributed by atoms with Gasteiger partial charge in [0.15, 0.2) is 0 Å². The van der Waals surface area contributed by atoms with Crippen LogP contribution in [0.5, 0.6) is 0 Å². The molecule has 0 bridgehead atoms. The zero-order valence-electron chi connectivity index (χ0n) is 15.3. The highest BCUT2D eigenvalue weighted by atomic mass is 16.5. The fraction of sp³-hybridized carbons (Fsp3) is 0.273. The summed E-state index contributed by atoms with van der Waals surface area (Å²) in [5.74, 6) is 0. The van der Waals surface area contributed by atoms with Crippen LogP contribution in [0.4, 0.5) is 5.69 Å². The molecular formula is C22H27NO. The van der Waals surface area contributed by atoms with Crippen LogP contribution >= 0.6 is 0 Å². The average Bonchev–Trinajstić information content (AvgIpc) is 2.62. The summed E-state index contributed by atoms with van der Waals surface area (Å²) < 4.78 is 5.16. The van der Waals surface area contributed by atoms with E-state index in [4.69, 9.17) is 4.74 Å². The van der Waals surface area contributed by atoms with Crippen molar-refractivity contribution in [3.8, 4) is 0 Å². The Morgan fingerprint density at radius 2 is 1.46 bits per heavy atom. The molecule has 0 N–H and O–H groups in total. The zero-order valence-corrected chi connectivity index (χ0v) is 15.3. The molecule has 0 radical (unpaired) electrons. The molecule has 0 aliphatic heterocycles. The van der Waals surface area contributed by atoms with Crippen molar-refractivity contribution in [3.05, 3.63) is 71.3 Å². The first-order chi connectivity index (χ1) is 11.5. The highest BCUT2D eigenvalue weighted by Gasteiger charge is 2.01. The van der Waals surface area contributed by atoms with Crippen LogP contribution in [0, 0.1) is 0 Å². The van der Waals surface area contributed by atoms with E-state index in [0.717, 1.165) is 5.69 Å². The summed E-state index contributed by atoms with van der Waals surface area (Å²) >= 11 is 0. The summed E-state index contributed by atoms with van der Waals surface area (Å²) in [7, 11) is 3.73. The summed E-state index contributed by atoms with van der Waals surface area (Å²) in [6, 6.07) is 17.3. The van der Waals surface area contributed by atoms with Crippen molar-refractivity contribution in [2.24, 2.45) is 0 Å². The fourth-order valence-electron chi connectivity index (χ4n) is 2.59. The number of methoxy groups -OCH3 is 1. The van der Waals surface area contributed by atoms with Crippen molar-refractivity contribution in [1.82, 2.24) is 0 Å². The first kappa shape index (κ1) is 18.0. The van der Waals surface area contributed by atoms with E-state index in [0.29, 0.717) is 6.73 Å². The van der Waals surface area contributed by atoms with Gasteiger partial charge in [-0.3, -0.25) is 0 Å². The molecule has 0 heterocycles. The zero-order chi connectivity index (χ0) is 17.5. The molecule has 0 aromatic heterocycles. The minimum atomic E-state index is 0.589. The van der Waals surface area contributed by atoms with Crippen LogP contribution in [0.2, 0.25) is 0 Å². The second-order valence-electron chi connectivity index (χ2n) is 6.08. The van der Waals surface area contributed by atoms with E-state index in [1.165, 1.54) is 27.8 Å². The average molecular weight is 321 g/mol. The molecule has 126 valence electrons. The number of benzene rings is 2. The van der Waals surface area contributed by atoms with Crippen LogP contribution in [0.25, 0.3) is 17.2 Å². The van der Waals surface area contributed by atoms with E-state index >= 15 is 0 Å². The van der Waals surface area contributed by atoms with Crippen LogP contribution in [0.3, 0.4) is 0 Å². The normalized spacial score (nSPS) is 12.4. The minimum absolute atomic E-state index is 0.589. The van der Waals surface area contributed by atoms with Gasteiger partial charge in [-0.2, -0.15) is 0 Å². The van der Waals surface area contributed by atoms with Gasteiger partial charge in [0.25, 0.3) is 0 Å². The molecule has 0 aliphatic rings. The van der Waals surface area contributed by atoms with Crippen LogP contribution < -0.4 is 4.90 Å². The number of ether oxygens (including phenoxy) is 1. The molecule has 2 aromatic carbocycles. The van der Waals surface area contributed by atoms with Crippen LogP contribution in [0.1, 0.15) is 37.5 Å². The van der Waals surface area contributed by atoms with Crippen molar-refractivity contribution >= 4 is 22.9 Å². The van der Waals surface area contributed by atoms with Gasteiger partial charge in [0.05, 0.1) is 0 Å². The summed E-state index contributed by atoms with van der Waals surface area (Å²) in [5, 5.41) is 0. The molecule has 2 rings (SSSR count). The minimum Gasteiger partial charge on any atom is -0.364 e. The Kier molecular flexibility index (Phi) is 6.39. The fourth-order valence-corrected chi connectivity index (χ4v) is 2.59. The Morgan fingerprint density at radius 3 is 1.96 bits per heavy atom. The molecule has 0 amide bonds. The second kappa shape index (κ2) is 8.51. The number of allylic oxidation sites excluding steroid dienone is 3. The van der Waals surface area contributed by atoms with E-state index in [9.17, 15) is 0 Å². The monoisotopic (exact) mass is 321 g/mol. The summed E-state index contributed by atoms with van der Waals surface area (Å²) in [6.45, 7) is 6.96. The largest absolute Gasteiger partial charge is 0.364 e. The third kappa shape index (κ3) is 4.59. The lowest BCUT2D eigenvalue weighted by Crippen LogP contribution is -2.19. The van der Waals surface area contributed by atoms with E-state index in [2.05, 4.69) is 86.4 Å². The van der Waals surface area contributed by atoms with Crippen LogP contribution in [-0.2, 0) is 4.74 Å². The summed E-state index contributed by atoms with van der Waals surface area (Å²) in [4.78, 5) is 2.07. The number of hydrogen-bond donors (Lipinski definition) is 0. The van der Waals surface area contributed by atoms with E-state index in [-0.39, 0.29) is 0 Å². The lowest BCUT2D eigenvalue weighted by Gasteiger charge is -2.17. The predicted octanol–water partition coefficient (Wildman–Crippen LogP) is 5.71. The van der Waals surface area contributed by atoms with Crippen molar-refractivity contribution < 1.29 is 4.74 Å². The van der Waals surface area contributed by atoms with Crippen LogP contribution in [-0.4, -0.2) is 20.9 Å². The van der Waals surface area contributed by atoms with Gasteiger partial charge in [0.2, 0.25) is 0 Å². The molecule has 24 heavy (non-hydrogen) atoms. The molecule has 0 spiro atoms. The molecule has 2 aromatic rings. The molecule has 0 unspecified atom stereocenters. The lowest BCUT2D eigenvalue weighted by molar-refractivity contribution is 0.202. The Balaban J connectivity index is 2.15. The van der Waals surface area contributed by atoms with Crippen molar-refractivity contribution in [2.45, 2.75) is 20.8 Å². The van der Waals surface area contributed by atoms with Crippen molar-refractivity contribution in [2.75, 3.05) is 25.8 Å². The van der Waals surface area contributed by atoms with Gasteiger partial charge in [0, 0.05) is 19.8 Å². The molecule has 0 atom stereocenters. The third-order valence-electron chi connectivity index (χ3n) is 4.27. The third-order valence-corrected chi connectivity index (χ3v) is 4.27. The van der Waals surface area contributed by atoms with Crippen molar-refractivity contribution in [3.63, 3.8) is 0 Å². The first-order valence-corrected chi connectivity index (χ1v) is 8.27. The van der Waals surface area contributed by atoms with E-state index < -0.39 is 0 Å². The maximum atomic E-state index is 5.16. The number of rotatable bonds is 6. The molecule has 2 heteroatoms. The maximum absolute atomic E-state index is 5.16. The number of anilines is 1. The van der Waals surface area contributed by atoms with Gasteiger partial charge in [0.1, 0.15) is 6.73 Å². The number of hydrogen-bond acceptors (Lipinski definition) is 2. The summed E-state index contributed by atoms with van der Waals surface area (Å²) in [6.07, 6.45) is 4.36. The van der Waals surface area contributed by atoms with Crippen LogP contribution in [0.15, 0.2) is 54.6 Å². The Labute approximate surface area is 146 Å². The van der Waals surface area contributed by atoms with E-state index in [1.807, 2.05) is 7.05 Å².